The molecule has 1 unspecified atom stereocenters. The van der Waals surface area contributed by atoms with E-state index in [-0.39, 0.29) is 0 Å². The molecule has 0 amide bonds. The van der Waals surface area contributed by atoms with E-state index in [2.05, 4.69) is 5.32 Å². The Hall–Kier alpha value is -0.730. The van der Waals surface area contributed by atoms with Crippen molar-refractivity contribution >= 4 is 17.3 Å². The summed E-state index contributed by atoms with van der Waals surface area (Å²) in [5, 5.41) is 13.6. The molecule has 0 aliphatic heterocycles. The van der Waals surface area contributed by atoms with Crippen molar-refractivity contribution in [1.29, 1.82) is 0 Å². The van der Waals surface area contributed by atoms with Gasteiger partial charge in [0.25, 0.3) is 0 Å². The smallest absolute Gasteiger partial charge is 0.0788 e. The van der Waals surface area contributed by atoms with E-state index in [1.807, 2.05) is 31.2 Å². The minimum Gasteiger partial charge on any atom is -0.388 e. The second kappa shape index (κ2) is 4.67. The Labute approximate surface area is 89.9 Å². The molecule has 0 saturated heterocycles. The van der Waals surface area contributed by atoms with E-state index in [1.54, 1.807) is 6.92 Å². The Kier molecular flexibility index (Phi) is 3.78. The number of nitrogens with one attached hydrogen (secondary N) is 1. The molecule has 1 rings (SSSR count). The number of aliphatic hydroxyl groups is 1. The van der Waals surface area contributed by atoms with Gasteiger partial charge in [-0.2, -0.15) is 0 Å². The third-order valence-electron chi connectivity index (χ3n) is 2.30. The van der Waals surface area contributed by atoms with Crippen LogP contribution in [0.3, 0.4) is 0 Å². The molecule has 1 aromatic carbocycles. The van der Waals surface area contributed by atoms with Gasteiger partial charge in [0.05, 0.1) is 16.3 Å². The SMILES string of the molecule is CCC(C)(O)CNc1ccccc1Cl. The van der Waals surface area contributed by atoms with Crippen molar-refractivity contribution in [3.8, 4) is 0 Å². The maximum Gasteiger partial charge on any atom is 0.0788 e. The highest BCUT2D eigenvalue weighted by Gasteiger charge is 2.16. The molecule has 0 fully saturated rings. The van der Waals surface area contributed by atoms with Crippen molar-refractivity contribution in [1.82, 2.24) is 0 Å². The monoisotopic (exact) mass is 213 g/mol. The fourth-order valence-electron chi connectivity index (χ4n) is 1.02. The predicted octanol–water partition coefficient (Wildman–Crippen LogP) is 2.91. The molecule has 1 atom stereocenters. The molecule has 2 N–H and O–H groups in total. The standard InChI is InChI=1S/C11H16ClNO/c1-3-11(2,14)8-13-10-7-5-4-6-9(10)12/h4-7,13-14H,3,8H2,1-2H3. The second-order valence-corrected chi connectivity index (χ2v) is 4.09. The lowest BCUT2D eigenvalue weighted by atomic mass is 10.0. The summed E-state index contributed by atoms with van der Waals surface area (Å²) in [6.45, 7) is 4.26. The maximum absolute atomic E-state index is 9.77. The molecule has 14 heavy (non-hydrogen) atoms. The van der Waals surface area contributed by atoms with Gasteiger partial charge >= 0.3 is 0 Å². The number of rotatable bonds is 4. The molecule has 0 aromatic heterocycles. The van der Waals surface area contributed by atoms with Gasteiger partial charge in [0.15, 0.2) is 0 Å². The third kappa shape index (κ3) is 3.20. The van der Waals surface area contributed by atoms with Crippen LogP contribution in [0, 0.1) is 0 Å². The summed E-state index contributed by atoms with van der Waals surface area (Å²) in [6.07, 6.45) is 0.713. The fourth-order valence-corrected chi connectivity index (χ4v) is 1.22. The van der Waals surface area contributed by atoms with Crippen molar-refractivity contribution in [2.75, 3.05) is 11.9 Å². The molecule has 3 heteroatoms. The molecule has 1 aromatic rings. The number of halogens is 1. The van der Waals surface area contributed by atoms with E-state index in [0.717, 1.165) is 5.69 Å². The van der Waals surface area contributed by atoms with E-state index >= 15 is 0 Å². The van der Waals surface area contributed by atoms with E-state index in [9.17, 15) is 5.11 Å². The largest absolute Gasteiger partial charge is 0.388 e. The van der Waals surface area contributed by atoms with Gasteiger partial charge in [-0.3, -0.25) is 0 Å². The van der Waals surface area contributed by atoms with E-state index in [0.29, 0.717) is 18.0 Å². The summed E-state index contributed by atoms with van der Waals surface area (Å²) in [4.78, 5) is 0. The molecule has 2 nitrogen and oxygen atoms in total. The zero-order chi connectivity index (χ0) is 10.6. The minimum atomic E-state index is -0.681. The average Bonchev–Trinajstić information content (AvgIpc) is 2.17. The zero-order valence-electron chi connectivity index (χ0n) is 8.55. The minimum absolute atomic E-state index is 0.507. The Balaban J connectivity index is 2.58. The van der Waals surface area contributed by atoms with Crippen LogP contribution in [0.25, 0.3) is 0 Å². The van der Waals surface area contributed by atoms with Gasteiger partial charge in [-0.15, -0.1) is 0 Å². The molecule has 0 bridgehead atoms. The third-order valence-corrected chi connectivity index (χ3v) is 2.62. The number of benzene rings is 1. The molecule has 0 aliphatic carbocycles. The number of para-hydroxylation sites is 1. The zero-order valence-corrected chi connectivity index (χ0v) is 9.30. The van der Waals surface area contributed by atoms with Gasteiger partial charge in [-0.1, -0.05) is 30.7 Å². The van der Waals surface area contributed by atoms with Crippen LogP contribution in [-0.2, 0) is 0 Å². The average molecular weight is 214 g/mol. The first-order chi connectivity index (χ1) is 6.55. The molecule has 0 aliphatic rings. The van der Waals surface area contributed by atoms with Crippen LogP contribution in [-0.4, -0.2) is 17.3 Å². The number of anilines is 1. The van der Waals surface area contributed by atoms with Crippen molar-refractivity contribution < 1.29 is 5.11 Å². The van der Waals surface area contributed by atoms with Gasteiger partial charge in [-0.05, 0) is 25.5 Å². The summed E-state index contributed by atoms with van der Waals surface area (Å²) < 4.78 is 0. The molecule has 78 valence electrons. The van der Waals surface area contributed by atoms with Crippen LogP contribution in [0.1, 0.15) is 20.3 Å². The van der Waals surface area contributed by atoms with Crippen molar-refractivity contribution in [2.45, 2.75) is 25.9 Å². The molecule has 0 heterocycles. The van der Waals surface area contributed by atoms with Gasteiger partial charge in [0.1, 0.15) is 0 Å². The van der Waals surface area contributed by atoms with Crippen LogP contribution in [0.2, 0.25) is 5.02 Å². The molecule has 0 saturated carbocycles. The van der Waals surface area contributed by atoms with Gasteiger partial charge < -0.3 is 10.4 Å². The van der Waals surface area contributed by atoms with Crippen molar-refractivity contribution in [3.05, 3.63) is 29.3 Å². The van der Waals surface area contributed by atoms with Crippen LogP contribution in [0.4, 0.5) is 5.69 Å². The molecule has 0 spiro atoms. The summed E-state index contributed by atoms with van der Waals surface area (Å²) in [5.74, 6) is 0. The first-order valence-electron chi connectivity index (χ1n) is 4.76. The van der Waals surface area contributed by atoms with Crippen LogP contribution < -0.4 is 5.32 Å². The summed E-state index contributed by atoms with van der Waals surface area (Å²) in [5.41, 5.74) is 0.182. The Bertz CT molecular complexity index is 299. The quantitative estimate of drug-likeness (QED) is 0.806. The van der Waals surface area contributed by atoms with E-state index < -0.39 is 5.60 Å². The Morgan fingerprint density at radius 1 is 1.43 bits per heavy atom. The summed E-state index contributed by atoms with van der Waals surface area (Å²) in [7, 11) is 0. The fraction of sp³-hybridized carbons (Fsp3) is 0.455. The highest BCUT2D eigenvalue weighted by molar-refractivity contribution is 6.33. The van der Waals surface area contributed by atoms with Crippen LogP contribution in [0.5, 0.6) is 0 Å². The normalized spacial score (nSPS) is 14.9. The Morgan fingerprint density at radius 3 is 2.64 bits per heavy atom. The number of hydrogen-bond acceptors (Lipinski definition) is 2. The van der Waals surface area contributed by atoms with Crippen LogP contribution in [0.15, 0.2) is 24.3 Å². The maximum atomic E-state index is 9.77. The lowest BCUT2D eigenvalue weighted by molar-refractivity contribution is 0.0697. The lowest BCUT2D eigenvalue weighted by Gasteiger charge is -2.22. The van der Waals surface area contributed by atoms with Gasteiger partial charge in [-0.25, -0.2) is 0 Å². The lowest BCUT2D eigenvalue weighted by Crippen LogP contribution is -2.32. The first-order valence-corrected chi connectivity index (χ1v) is 5.14. The van der Waals surface area contributed by atoms with E-state index in [1.165, 1.54) is 0 Å². The highest BCUT2D eigenvalue weighted by atomic mass is 35.5. The van der Waals surface area contributed by atoms with Crippen LogP contribution >= 0.6 is 11.6 Å². The van der Waals surface area contributed by atoms with Gasteiger partial charge in [0, 0.05) is 6.54 Å². The Morgan fingerprint density at radius 2 is 2.07 bits per heavy atom. The number of hydrogen-bond donors (Lipinski definition) is 2. The predicted molar refractivity (Wildman–Crippen MR) is 60.9 cm³/mol. The second-order valence-electron chi connectivity index (χ2n) is 3.68. The van der Waals surface area contributed by atoms with E-state index in [4.69, 9.17) is 11.6 Å². The summed E-state index contributed by atoms with van der Waals surface area (Å²) in [6, 6.07) is 7.51. The van der Waals surface area contributed by atoms with Crippen molar-refractivity contribution in [2.24, 2.45) is 0 Å². The summed E-state index contributed by atoms with van der Waals surface area (Å²) >= 11 is 5.95. The van der Waals surface area contributed by atoms with Crippen molar-refractivity contribution in [3.63, 3.8) is 0 Å². The molecule has 0 radical (unpaired) electrons. The highest BCUT2D eigenvalue weighted by Crippen LogP contribution is 2.21. The first kappa shape index (κ1) is 11.3. The van der Waals surface area contributed by atoms with Gasteiger partial charge in [0.2, 0.25) is 0 Å². The molecular weight excluding hydrogens is 198 g/mol. The topological polar surface area (TPSA) is 32.3 Å². The molecular formula is C11H16ClNO.